The number of carbonyl (C=O) groups excluding carboxylic acids is 1. The highest BCUT2D eigenvalue weighted by molar-refractivity contribution is 7.22. The monoisotopic (exact) mass is 422 g/mol. The number of hydrogen-bond donors (Lipinski definition) is 0. The Kier molecular flexibility index (Phi) is 7.39. The highest BCUT2D eigenvalue weighted by atomic mass is 32.1. The zero-order valence-electron chi connectivity index (χ0n) is 17.6. The summed E-state index contributed by atoms with van der Waals surface area (Å²) in [6, 6.07) is 14.7. The molecule has 1 amide bonds. The van der Waals surface area contributed by atoms with Gasteiger partial charge in [-0.2, -0.15) is 5.26 Å². The topological polar surface area (TPSA) is 69.5 Å². The van der Waals surface area contributed by atoms with Gasteiger partial charge in [0.1, 0.15) is 11.3 Å². The van der Waals surface area contributed by atoms with Gasteiger partial charge in [0, 0.05) is 18.7 Å². The van der Waals surface area contributed by atoms with Gasteiger partial charge in [-0.15, -0.1) is 0 Å². The van der Waals surface area contributed by atoms with E-state index in [1.165, 1.54) is 11.3 Å². The van der Waals surface area contributed by atoms with Crippen molar-refractivity contribution < 1.29 is 9.53 Å². The summed E-state index contributed by atoms with van der Waals surface area (Å²) in [5, 5.41) is 9.68. The third-order valence-corrected chi connectivity index (χ3v) is 5.99. The molecule has 0 aliphatic carbocycles. The molecule has 0 fully saturated rings. The maximum Gasteiger partial charge on any atom is 0.260 e. The van der Waals surface area contributed by atoms with Crippen LogP contribution in [0.2, 0.25) is 0 Å². The van der Waals surface area contributed by atoms with Gasteiger partial charge in [-0.25, -0.2) is 4.98 Å². The van der Waals surface area contributed by atoms with Crippen LogP contribution < -0.4 is 9.64 Å². The van der Waals surface area contributed by atoms with Crippen LogP contribution in [-0.4, -0.2) is 48.6 Å². The number of ether oxygens (including phenoxy) is 1. The van der Waals surface area contributed by atoms with Crippen molar-refractivity contribution in [1.82, 2.24) is 9.88 Å². The molecule has 0 aliphatic rings. The molecule has 1 heterocycles. The predicted molar refractivity (Wildman–Crippen MR) is 121 cm³/mol. The number of likely N-dealkylation sites (N-methyl/N-ethyl adjacent to an activating group) is 1. The van der Waals surface area contributed by atoms with Gasteiger partial charge in [-0.3, -0.25) is 9.69 Å². The first-order valence-corrected chi connectivity index (χ1v) is 11.0. The molecule has 0 saturated heterocycles. The largest absolute Gasteiger partial charge is 0.492 e. The van der Waals surface area contributed by atoms with E-state index in [2.05, 4.69) is 24.8 Å². The molecule has 0 radical (unpaired) electrons. The van der Waals surface area contributed by atoms with E-state index in [0.717, 1.165) is 35.6 Å². The fraction of sp³-hybridized carbons (Fsp3) is 0.348. The lowest BCUT2D eigenvalue weighted by atomic mass is 10.1. The molecule has 0 N–H and O–H groups in total. The lowest BCUT2D eigenvalue weighted by molar-refractivity contribution is 0.0983. The van der Waals surface area contributed by atoms with Crippen molar-refractivity contribution in [3.63, 3.8) is 0 Å². The minimum atomic E-state index is -0.122. The lowest BCUT2D eigenvalue weighted by Gasteiger charge is -2.24. The first kappa shape index (κ1) is 21.8. The third kappa shape index (κ3) is 4.78. The smallest absolute Gasteiger partial charge is 0.260 e. The molecule has 0 saturated carbocycles. The highest BCUT2D eigenvalue weighted by Crippen LogP contribution is 2.34. The molecule has 0 bridgehead atoms. The SMILES string of the molecule is CCOc1cccc2sc(N(CCN(CC)CC)C(=O)c3ccc(C#N)cc3)nc12. The zero-order valence-corrected chi connectivity index (χ0v) is 18.4. The molecule has 156 valence electrons. The average Bonchev–Trinajstić information content (AvgIpc) is 3.21. The summed E-state index contributed by atoms with van der Waals surface area (Å²) in [6.07, 6.45) is 0. The van der Waals surface area contributed by atoms with Crippen LogP contribution in [0.3, 0.4) is 0 Å². The first-order chi connectivity index (χ1) is 14.6. The highest BCUT2D eigenvalue weighted by Gasteiger charge is 2.23. The maximum absolute atomic E-state index is 13.4. The lowest BCUT2D eigenvalue weighted by Crippen LogP contribution is -2.38. The van der Waals surface area contributed by atoms with Gasteiger partial charge >= 0.3 is 0 Å². The number of fused-ring (bicyclic) bond motifs is 1. The molecular formula is C23H26N4O2S. The number of nitrogens with zero attached hydrogens (tertiary/aromatic N) is 4. The molecule has 0 spiro atoms. The number of carbonyl (C=O) groups is 1. The van der Waals surface area contributed by atoms with Gasteiger partial charge in [0.2, 0.25) is 0 Å². The van der Waals surface area contributed by atoms with E-state index in [9.17, 15) is 4.79 Å². The summed E-state index contributed by atoms with van der Waals surface area (Å²) in [4.78, 5) is 22.2. The molecule has 6 nitrogen and oxygen atoms in total. The van der Waals surface area contributed by atoms with E-state index in [-0.39, 0.29) is 5.91 Å². The van der Waals surface area contributed by atoms with E-state index >= 15 is 0 Å². The molecule has 7 heteroatoms. The van der Waals surface area contributed by atoms with Gasteiger partial charge < -0.3 is 9.64 Å². The molecule has 1 aromatic heterocycles. The Morgan fingerprint density at radius 3 is 2.47 bits per heavy atom. The molecule has 30 heavy (non-hydrogen) atoms. The minimum absolute atomic E-state index is 0.122. The third-order valence-electron chi connectivity index (χ3n) is 4.94. The first-order valence-electron chi connectivity index (χ1n) is 10.2. The van der Waals surface area contributed by atoms with Crippen molar-refractivity contribution in [3.8, 4) is 11.8 Å². The van der Waals surface area contributed by atoms with Crippen molar-refractivity contribution in [1.29, 1.82) is 5.26 Å². The number of amides is 1. The maximum atomic E-state index is 13.4. The van der Waals surface area contributed by atoms with Crippen LogP contribution >= 0.6 is 11.3 Å². The number of para-hydroxylation sites is 1. The van der Waals surface area contributed by atoms with Gasteiger partial charge in [0.15, 0.2) is 5.13 Å². The second kappa shape index (κ2) is 10.2. The Balaban J connectivity index is 1.98. The molecule has 0 unspecified atom stereocenters. The Morgan fingerprint density at radius 2 is 1.83 bits per heavy atom. The fourth-order valence-corrected chi connectivity index (χ4v) is 4.22. The molecule has 3 rings (SSSR count). The predicted octanol–water partition coefficient (Wildman–Crippen LogP) is 4.56. The van der Waals surface area contributed by atoms with E-state index in [1.807, 2.05) is 25.1 Å². The van der Waals surface area contributed by atoms with Crippen molar-refractivity contribution in [2.45, 2.75) is 20.8 Å². The zero-order chi connectivity index (χ0) is 21.5. The van der Waals surface area contributed by atoms with Crippen LogP contribution in [0, 0.1) is 11.3 Å². The normalized spacial score (nSPS) is 10.9. The Morgan fingerprint density at radius 1 is 1.10 bits per heavy atom. The summed E-state index contributed by atoms with van der Waals surface area (Å²) in [6.45, 7) is 9.85. The summed E-state index contributed by atoms with van der Waals surface area (Å²) in [5.41, 5.74) is 1.85. The van der Waals surface area contributed by atoms with Crippen LogP contribution in [0.5, 0.6) is 5.75 Å². The standard InChI is InChI=1S/C23H26N4O2S/c1-4-26(5-2)14-15-27(22(28)18-12-10-17(16-24)11-13-18)23-25-21-19(29-6-3)8-7-9-20(21)30-23/h7-13H,4-6,14-15H2,1-3H3. The molecule has 0 atom stereocenters. The van der Waals surface area contributed by atoms with Gasteiger partial charge in [-0.05, 0) is 56.4 Å². The van der Waals surface area contributed by atoms with E-state index in [4.69, 9.17) is 15.0 Å². The van der Waals surface area contributed by atoms with E-state index in [0.29, 0.717) is 29.4 Å². The summed E-state index contributed by atoms with van der Waals surface area (Å²) < 4.78 is 6.70. The van der Waals surface area contributed by atoms with Gasteiger partial charge in [0.25, 0.3) is 5.91 Å². The summed E-state index contributed by atoms with van der Waals surface area (Å²) in [5.74, 6) is 0.607. The van der Waals surface area contributed by atoms with Crippen molar-refractivity contribution in [2.75, 3.05) is 37.7 Å². The fourth-order valence-electron chi connectivity index (χ4n) is 3.21. The number of thiazole rings is 1. The van der Waals surface area contributed by atoms with E-state index < -0.39 is 0 Å². The Hall–Kier alpha value is -2.95. The number of benzene rings is 2. The molecule has 3 aromatic rings. The Bertz CT molecular complexity index is 1040. The van der Waals surface area contributed by atoms with Crippen LogP contribution in [0.1, 0.15) is 36.7 Å². The number of nitriles is 1. The van der Waals surface area contributed by atoms with Crippen LogP contribution in [0.4, 0.5) is 5.13 Å². The minimum Gasteiger partial charge on any atom is -0.492 e. The van der Waals surface area contributed by atoms with Crippen LogP contribution in [-0.2, 0) is 0 Å². The van der Waals surface area contributed by atoms with Crippen molar-refractivity contribution >= 4 is 32.6 Å². The quantitative estimate of drug-likeness (QED) is 0.506. The van der Waals surface area contributed by atoms with Gasteiger partial charge in [0.05, 0.1) is 22.9 Å². The molecule has 2 aromatic carbocycles. The van der Waals surface area contributed by atoms with Gasteiger partial charge in [-0.1, -0.05) is 31.3 Å². The molecular weight excluding hydrogens is 396 g/mol. The molecule has 0 aliphatic heterocycles. The number of rotatable bonds is 9. The summed E-state index contributed by atoms with van der Waals surface area (Å²) in [7, 11) is 0. The second-order valence-corrected chi connectivity index (χ2v) is 7.71. The van der Waals surface area contributed by atoms with Crippen LogP contribution in [0.15, 0.2) is 42.5 Å². The Labute approximate surface area is 181 Å². The van der Waals surface area contributed by atoms with Crippen molar-refractivity contribution in [2.24, 2.45) is 0 Å². The van der Waals surface area contributed by atoms with Crippen molar-refractivity contribution in [3.05, 3.63) is 53.6 Å². The number of anilines is 1. The number of aromatic nitrogens is 1. The summed E-state index contributed by atoms with van der Waals surface area (Å²) >= 11 is 1.49. The van der Waals surface area contributed by atoms with Crippen LogP contribution in [0.25, 0.3) is 10.2 Å². The van der Waals surface area contributed by atoms with E-state index in [1.54, 1.807) is 29.2 Å². The second-order valence-electron chi connectivity index (χ2n) is 6.71. The number of hydrogen-bond acceptors (Lipinski definition) is 6. The average molecular weight is 423 g/mol.